The van der Waals surface area contributed by atoms with E-state index in [0.717, 1.165) is 45.3 Å². The first kappa shape index (κ1) is 45.1. The number of hydrogen-bond donors (Lipinski definition) is 0. The average molecular weight is 901 g/mol. The molecule has 70 heavy (non-hydrogen) atoms. The Balaban J connectivity index is 0.826. The van der Waals surface area contributed by atoms with Crippen LogP contribution >= 0.6 is 0 Å². The third kappa shape index (κ3) is 10.7. The second-order valence-corrected chi connectivity index (χ2v) is 18.3. The molecule has 0 atom stereocenters. The van der Waals surface area contributed by atoms with Gasteiger partial charge < -0.3 is 9.80 Å². The molecule has 0 fully saturated rings. The molecule has 10 aromatic rings. The zero-order valence-corrected chi connectivity index (χ0v) is 40.3. The van der Waals surface area contributed by atoms with E-state index in [1.165, 1.54) is 66.8 Å². The Morgan fingerprint density at radius 2 is 0.329 bits per heavy atom. The number of rotatable bonds is 13. The fraction of sp³-hybridized carbons (Fsp3) is 0.0588. The van der Waals surface area contributed by atoms with Gasteiger partial charge in [-0.2, -0.15) is 0 Å². The van der Waals surface area contributed by atoms with E-state index in [2.05, 4.69) is 304 Å². The van der Waals surface area contributed by atoms with Gasteiger partial charge in [0.2, 0.25) is 0 Å². The first-order chi connectivity index (χ1) is 34.3. The lowest BCUT2D eigenvalue weighted by atomic mass is 9.97. The maximum absolute atomic E-state index is 2.32. The highest BCUT2D eigenvalue weighted by Crippen LogP contribution is 2.38. The van der Waals surface area contributed by atoms with Crippen molar-refractivity contribution in [2.45, 2.75) is 27.7 Å². The molecule has 0 saturated heterocycles. The number of anilines is 6. The monoisotopic (exact) mass is 900 g/mol. The van der Waals surface area contributed by atoms with Crippen LogP contribution in [0.1, 0.15) is 44.5 Å². The molecule has 2 heteroatoms. The summed E-state index contributed by atoms with van der Waals surface area (Å²) in [6.45, 7) is 8.50. The summed E-state index contributed by atoms with van der Waals surface area (Å²) in [5, 5.41) is 0. The van der Waals surface area contributed by atoms with Crippen molar-refractivity contribution in [2.24, 2.45) is 0 Å². The van der Waals surface area contributed by atoms with Crippen LogP contribution in [-0.4, -0.2) is 0 Å². The molecule has 2 nitrogen and oxygen atoms in total. The molecule has 0 amide bonds. The van der Waals surface area contributed by atoms with Gasteiger partial charge in [-0.1, -0.05) is 216 Å². The van der Waals surface area contributed by atoms with Gasteiger partial charge in [0.1, 0.15) is 0 Å². The molecule has 0 N–H and O–H groups in total. The van der Waals surface area contributed by atoms with Gasteiger partial charge in [0.05, 0.1) is 0 Å². The first-order valence-corrected chi connectivity index (χ1v) is 24.1. The Morgan fingerprint density at radius 3 is 0.543 bits per heavy atom. The number of nitrogens with zero attached hydrogens (tertiary/aromatic N) is 2. The second kappa shape index (κ2) is 20.7. The van der Waals surface area contributed by atoms with Crippen molar-refractivity contribution >= 4 is 58.4 Å². The van der Waals surface area contributed by atoms with Crippen LogP contribution in [0.2, 0.25) is 0 Å². The number of aryl methyl sites for hydroxylation is 4. The molecule has 0 aliphatic rings. The highest BCUT2D eigenvalue weighted by atomic mass is 15.1. The molecule has 0 unspecified atom stereocenters. The van der Waals surface area contributed by atoms with Gasteiger partial charge in [-0.3, -0.25) is 0 Å². The summed E-state index contributed by atoms with van der Waals surface area (Å²) in [5.41, 5.74) is 23.5. The fourth-order valence-corrected chi connectivity index (χ4v) is 8.81. The topological polar surface area (TPSA) is 6.48 Å². The standard InChI is InChI=1S/C68H56N2/c1-49-5-13-53(14-6-49)17-19-55-21-41-65(42-22-55)69(63-37-9-51(3)10-38-63)67-45-33-61(34-46-67)59-29-25-57(26-30-59)58-27-31-60(32-28-58)62-35-47-68(48-36-62)70(64-39-11-52(4)12-40-64)66-43-23-56(24-44-66)20-18-54-15-7-50(2)8-16-54/h5-48H,1-4H3/b19-17+,20-18+. The minimum Gasteiger partial charge on any atom is -0.311 e. The van der Waals surface area contributed by atoms with Crippen molar-refractivity contribution in [3.8, 4) is 33.4 Å². The van der Waals surface area contributed by atoms with Crippen molar-refractivity contribution < 1.29 is 0 Å². The summed E-state index contributed by atoms with van der Waals surface area (Å²) < 4.78 is 0. The van der Waals surface area contributed by atoms with Crippen LogP contribution < -0.4 is 9.80 Å². The molecule has 0 aliphatic heterocycles. The van der Waals surface area contributed by atoms with Crippen LogP contribution in [0, 0.1) is 27.7 Å². The zero-order valence-electron chi connectivity index (χ0n) is 40.3. The highest BCUT2D eigenvalue weighted by molar-refractivity contribution is 5.82. The van der Waals surface area contributed by atoms with Crippen LogP contribution in [-0.2, 0) is 0 Å². The van der Waals surface area contributed by atoms with Gasteiger partial charge in [-0.05, 0) is 156 Å². The molecule has 10 aromatic carbocycles. The van der Waals surface area contributed by atoms with E-state index < -0.39 is 0 Å². The molecule has 0 saturated carbocycles. The SMILES string of the molecule is Cc1ccc(/C=C/c2ccc(N(c3ccc(C)cc3)c3ccc(-c4ccc(-c5ccc(-c6ccc(N(c7ccc(C)cc7)c7ccc(/C=C/c8ccc(C)cc8)cc7)cc6)cc5)cc4)cc3)cc2)cc1. The molecule has 0 aromatic heterocycles. The molecule has 0 spiro atoms. The lowest BCUT2D eigenvalue weighted by Crippen LogP contribution is -2.09. The van der Waals surface area contributed by atoms with E-state index in [1.54, 1.807) is 0 Å². The minimum absolute atomic E-state index is 1.11. The van der Waals surface area contributed by atoms with Crippen LogP contribution in [0.25, 0.3) is 57.7 Å². The van der Waals surface area contributed by atoms with Gasteiger partial charge in [0.25, 0.3) is 0 Å². The fourth-order valence-electron chi connectivity index (χ4n) is 8.81. The third-order valence-electron chi connectivity index (χ3n) is 13.0. The third-order valence-corrected chi connectivity index (χ3v) is 13.0. The molecule has 0 heterocycles. The van der Waals surface area contributed by atoms with E-state index in [9.17, 15) is 0 Å². The normalized spacial score (nSPS) is 11.3. The summed E-state index contributed by atoms with van der Waals surface area (Å²) in [5.74, 6) is 0. The van der Waals surface area contributed by atoms with E-state index >= 15 is 0 Å². The van der Waals surface area contributed by atoms with Crippen LogP contribution in [0.4, 0.5) is 34.1 Å². The van der Waals surface area contributed by atoms with E-state index in [-0.39, 0.29) is 0 Å². The molecule has 0 radical (unpaired) electrons. The predicted molar refractivity (Wildman–Crippen MR) is 302 cm³/mol. The van der Waals surface area contributed by atoms with Crippen molar-refractivity contribution in [1.29, 1.82) is 0 Å². The van der Waals surface area contributed by atoms with Crippen molar-refractivity contribution in [3.63, 3.8) is 0 Å². The summed E-state index contributed by atoms with van der Waals surface area (Å²) >= 11 is 0. The molecule has 338 valence electrons. The molecule has 0 aliphatic carbocycles. The van der Waals surface area contributed by atoms with Gasteiger partial charge in [-0.15, -0.1) is 0 Å². The van der Waals surface area contributed by atoms with E-state index in [1.807, 2.05) is 0 Å². The lowest BCUT2D eigenvalue weighted by Gasteiger charge is -2.26. The van der Waals surface area contributed by atoms with Crippen LogP contribution in [0.3, 0.4) is 0 Å². The average Bonchev–Trinajstić information content (AvgIpc) is 3.41. The van der Waals surface area contributed by atoms with Crippen molar-refractivity contribution in [1.82, 2.24) is 0 Å². The largest absolute Gasteiger partial charge is 0.311 e. The number of hydrogen-bond acceptors (Lipinski definition) is 2. The van der Waals surface area contributed by atoms with Gasteiger partial charge in [0.15, 0.2) is 0 Å². The van der Waals surface area contributed by atoms with Crippen molar-refractivity contribution in [2.75, 3.05) is 9.80 Å². The highest BCUT2D eigenvalue weighted by Gasteiger charge is 2.15. The summed E-state index contributed by atoms with van der Waals surface area (Å²) in [6, 6.07) is 88.0. The van der Waals surface area contributed by atoms with Gasteiger partial charge in [-0.25, -0.2) is 0 Å². The lowest BCUT2D eigenvalue weighted by molar-refractivity contribution is 1.27. The minimum atomic E-state index is 1.11. The van der Waals surface area contributed by atoms with E-state index in [4.69, 9.17) is 0 Å². The quantitative estimate of drug-likeness (QED) is 0.106. The predicted octanol–water partition coefficient (Wildman–Crippen LogP) is 19.2. The Labute approximate surface area is 414 Å². The number of benzene rings is 10. The van der Waals surface area contributed by atoms with Crippen LogP contribution in [0.5, 0.6) is 0 Å². The first-order valence-electron chi connectivity index (χ1n) is 24.1. The maximum atomic E-state index is 2.32. The maximum Gasteiger partial charge on any atom is 0.0462 e. The Kier molecular flexibility index (Phi) is 13.3. The Hall–Kier alpha value is -8.72. The summed E-state index contributed by atoms with van der Waals surface area (Å²) in [7, 11) is 0. The van der Waals surface area contributed by atoms with Gasteiger partial charge >= 0.3 is 0 Å². The molecular formula is C68H56N2. The zero-order chi connectivity index (χ0) is 47.8. The van der Waals surface area contributed by atoms with E-state index in [0.29, 0.717) is 0 Å². The smallest absolute Gasteiger partial charge is 0.0462 e. The Morgan fingerprint density at radius 1 is 0.186 bits per heavy atom. The van der Waals surface area contributed by atoms with Crippen LogP contribution in [0.15, 0.2) is 243 Å². The second-order valence-electron chi connectivity index (χ2n) is 18.3. The summed E-state index contributed by atoms with van der Waals surface area (Å²) in [6.07, 6.45) is 8.69. The summed E-state index contributed by atoms with van der Waals surface area (Å²) in [4.78, 5) is 4.65. The molecular weight excluding hydrogens is 845 g/mol. The van der Waals surface area contributed by atoms with Crippen molar-refractivity contribution in [3.05, 3.63) is 287 Å². The molecule has 0 bridgehead atoms. The van der Waals surface area contributed by atoms with Gasteiger partial charge in [0, 0.05) is 34.1 Å². The Bertz CT molecular complexity index is 3110. The molecule has 10 rings (SSSR count).